The summed E-state index contributed by atoms with van der Waals surface area (Å²) >= 11 is 0. The van der Waals surface area contributed by atoms with E-state index < -0.39 is 10.2 Å². The predicted octanol–water partition coefficient (Wildman–Crippen LogP) is 1.57. The van der Waals surface area contributed by atoms with Crippen molar-refractivity contribution < 1.29 is 13.5 Å². The summed E-state index contributed by atoms with van der Waals surface area (Å²) in [7, 11) is -3.48. The van der Waals surface area contributed by atoms with Crippen LogP contribution in [0.4, 0.5) is 5.69 Å². The SMILES string of the molecule is CC1CCN(S(=O)(=O)Nc2cccc(CO)c2)CC1. The van der Waals surface area contributed by atoms with Crippen LogP contribution in [0.3, 0.4) is 0 Å². The van der Waals surface area contributed by atoms with Gasteiger partial charge in [0.2, 0.25) is 0 Å². The molecule has 0 aliphatic carbocycles. The Morgan fingerprint density at radius 2 is 2.05 bits per heavy atom. The number of rotatable bonds is 4. The smallest absolute Gasteiger partial charge is 0.301 e. The van der Waals surface area contributed by atoms with Crippen LogP contribution in [-0.2, 0) is 16.8 Å². The van der Waals surface area contributed by atoms with Crippen molar-refractivity contribution in [3.05, 3.63) is 29.8 Å². The molecule has 0 spiro atoms. The number of anilines is 1. The van der Waals surface area contributed by atoms with Crippen LogP contribution in [-0.4, -0.2) is 30.9 Å². The van der Waals surface area contributed by atoms with Gasteiger partial charge in [-0.3, -0.25) is 4.72 Å². The zero-order valence-corrected chi connectivity index (χ0v) is 11.9. The van der Waals surface area contributed by atoms with Crippen molar-refractivity contribution in [2.75, 3.05) is 17.8 Å². The molecule has 1 aliphatic heterocycles. The molecule has 0 radical (unpaired) electrons. The summed E-state index contributed by atoms with van der Waals surface area (Å²) in [5.41, 5.74) is 1.18. The van der Waals surface area contributed by atoms with Gasteiger partial charge < -0.3 is 5.11 Å². The van der Waals surface area contributed by atoms with Crippen LogP contribution in [0, 0.1) is 5.92 Å². The van der Waals surface area contributed by atoms with E-state index in [1.54, 1.807) is 24.3 Å². The number of aliphatic hydroxyl groups is 1. The first-order chi connectivity index (χ1) is 9.01. The highest BCUT2D eigenvalue weighted by atomic mass is 32.2. The lowest BCUT2D eigenvalue weighted by molar-refractivity contribution is 0.282. The number of hydrogen-bond donors (Lipinski definition) is 2. The molecule has 0 aromatic heterocycles. The third kappa shape index (κ3) is 3.68. The Balaban J connectivity index is 2.08. The van der Waals surface area contributed by atoms with Crippen molar-refractivity contribution >= 4 is 15.9 Å². The zero-order valence-electron chi connectivity index (χ0n) is 11.0. The van der Waals surface area contributed by atoms with Gasteiger partial charge in [-0.2, -0.15) is 12.7 Å². The second-order valence-electron chi connectivity index (χ2n) is 5.05. The molecular formula is C13H20N2O3S. The minimum absolute atomic E-state index is 0.100. The first kappa shape index (κ1) is 14.3. The average molecular weight is 284 g/mol. The quantitative estimate of drug-likeness (QED) is 0.881. The summed E-state index contributed by atoms with van der Waals surface area (Å²) in [6, 6.07) is 6.80. The van der Waals surface area contributed by atoms with Crippen LogP contribution >= 0.6 is 0 Å². The highest BCUT2D eigenvalue weighted by Gasteiger charge is 2.26. The lowest BCUT2D eigenvalue weighted by atomic mass is 10.0. The second kappa shape index (κ2) is 5.90. The minimum Gasteiger partial charge on any atom is -0.392 e. The monoisotopic (exact) mass is 284 g/mol. The van der Waals surface area contributed by atoms with Crippen LogP contribution in [0.25, 0.3) is 0 Å². The molecule has 0 saturated carbocycles. The van der Waals surface area contributed by atoms with Gasteiger partial charge in [-0.15, -0.1) is 0 Å². The summed E-state index contributed by atoms with van der Waals surface area (Å²) in [4.78, 5) is 0. The van der Waals surface area contributed by atoms with Gasteiger partial charge in [0.25, 0.3) is 0 Å². The fraction of sp³-hybridized carbons (Fsp3) is 0.538. The molecule has 1 heterocycles. The van der Waals surface area contributed by atoms with Crippen molar-refractivity contribution in [2.45, 2.75) is 26.4 Å². The molecule has 0 unspecified atom stereocenters. The molecule has 1 saturated heterocycles. The molecule has 0 atom stereocenters. The van der Waals surface area contributed by atoms with Gasteiger partial charge in [0, 0.05) is 13.1 Å². The van der Waals surface area contributed by atoms with E-state index in [1.807, 2.05) is 0 Å². The molecule has 1 aromatic rings. The van der Waals surface area contributed by atoms with Gasteiger partial charge in [-0.05, 0) is 36.5 Å². The lowest BCUT2D eigenvalue weighted by Gasteiger charge is -2.29. The maximum Gasteiger partial charge on any atom is 0.301 e. The number of nitrogens with one attached hydrogen (secondary N) is 1. The van der Waals surface area contributed by atoms with Crippen molar-refractivity contribution in [3.8, 4) is 0 Å². The van der Waals surface area contributed by atoms with E-state index in [9.17, 15) is 8.42 Å². The van der Waals surface area contributed by atoms with E-state index in [2.05, 4.69) is 11.6 Å². The molecular weight excluding hydrogens is 264 g/mol. The number of piperidine rings is 1. The van der Waals surface area contributed by atoms with E-state index in [0.717, 1.165) is 12.8 Å². The van der Waals surface area contributed by atoms with Crippen LogP contribution in [0.5, 0.6) is 0 Å². The Kier molecular flexibility index (Phi) is 4.44. The summed E-state index contributed by atoms with van der Waals surface area (Å²) in [6.45, 7) is 3.17. The number of hydrogen-bond acceptors (Lipinski definition) is 3. The Hall–Kier alpha value is -1.11. The molecule has 1 aliphatic rings. The third-order valence-electron chi connectivity index (χ3n) is 3.44. The van der Waals surface area contributed by atoms with Crippen LogP contribution in [0.15, 0.2) is 24.3 Å². The summed E-state index contributed by atoms with van der Waals surface area (Å²) < 4.78 is 28.5. The van der Waals surface area contributed by atoms with Crippen molar-refractivity contribution in [3.63, 3.8) is 0 Å². The Bertz CT molecular complexity index is 522. The first-order valence-corrected chi connectivity index (χ1v) is 7.93. The molecule has 1 aromatic carbocycles. The molecule has 106 valence electrons. The third-order valence-corrected chi connectivity index (χ3v) is 4.98. The number of nitrogens with zero attached hydrogens (tertiary/aromatic N) is 1. The summed E-state index contributed by atoms with van der Waals surface area (Å²) in [6.07, 6.45) is 1.80. The minimum atomic E-state index is -3.48. The van der Waals surface area contributed by atoms with Crippen LogP contribution < -0.4 is 4.72 Å². The van der Waals surface area contributed by atoms with Gasteiger partial charge in [-0.1, -0.05) is 19.1 Å². The molecule has 5 nitrogen and oxygen atoms in total. The largest absolute Gasteiger partial charge is 0.392 e. The molecule has 2 N–H and O–H groups in total. The van der Waals surface area contributed by atoms with Gasteiger partial charge in [0.15, 0.2) is 0 Å². The molecule has 0 bridgehead atoms. The normalized spacial score (nSPS) is 18.4. The Morgan fingerprint density at radius 1 is 1.37 bits per heavy atom. The highest BCUT2D eigenvalue weighted by Crippen LogP contribution is 2.20. The topological polar surface area (TPSA) is 69.6 Å². The zero-order chi connectivity index (χ0) is 13.9. The van der Waals surface area contributed by atoms with Crippen molar-refractivity contribution in [2.24, 2.45) is 5.92 Å². The molecule has 2 rings (SSSR count). The lowest BCUT2D eigenvalue weighted by Crippen LogP contribution is -2.41. The fourth-order valence-corrected chi connectivity index (χ4v) is 3.42. The van der Waals surface area contributed by atoms with E-state index in [4.69, 9.17) is 5.11 Å². The van der Waals surface area contributed by atoms with Gasteiger partial charge in [0.05, 0.1) is 12.3 Å². The summed E-state index contributed by atoms with van der Waals surface area (Å²) in [5.74, 6) is 0.587. The Labute approximate surface area is 114 Å². The van der Waals surface area contributed by atoms with Gasteiger partial charge in [0.1, 0.15) is 0 Å². The summed E-state index contributed by atoms with van der Waals surface area (Å²) in [5, 5.41) is 9.05. The first-order valence-electron chi connectivity index (χ1n) is 6.49. The van der Waals surface area contributed by atoms with E-state index >= 15 is 0 Å². The number of aliphatic hydroxyl groups excluding tert-OH is 1. The second-order valence-corrected chi connectivity index (χ2v) is 6.72. The van der Waals surface area contributed by atoms with Gasteiger partial charge in [-0.25, -0.2) is 0 Å². The Morgan fingerprint density at radius 3 is 2.68 bits per heavy atom. The van der Waals surface area contributed by atoms with Crippen LogP contribution in [0.2, 0.25) is 0 Å². The maximum absolute atomic E-state index is 12.2. The average Bonchev–Trinajstić information content (AvgIpc) is 2.39. The van der Waals surface area contributed by atoms with Gasteiger partial charge >= 0.3 is 10.2 Å². The van der Waals surface area contributed by atoms with E-state index in [1.165, 1.54) is 4.31 Å². The van der Waals surface area contributed by atoms with E-state index in [0.29, 0.717) is 30.3 Å². The standard InChI is InChI=1S/C13H20N2O3S/c1-11-5-7-15(8-6-11)19(17,18)14-13-4-2-3-12(9-13)10-16/h2-4,9,11,14,16H,5-8,10H2,1H3. The predicted molar refractivity (Wildman–Crippen MR) is 74.9 cm³/mol. The molecule has 0 amide bonds. The van der Waals surface area contributed by atoms with Crippen molar-refractivity contribution in [1.29, 1.82) is 0 Å². The highest BCUT2D eigenvalue weighted by molar-refractivity contribution is 7.90. The fourth-order valence-electron chi connectivity index (χ4n) is 2.17. The molecule has 6 heteroatoms. The molecule has 1 fully saturated rings. The number of benzene rings is 1. The molecule has 19 heavy (non-hydrogen) atoms. The van der Waals surface area contributed by atoms with E-state index in [-0.39, 0.29) is 6.61 Å². The van der Waals surface area contributed by atoms with Crippen molar-refractivity contribution in [1.82, 2.24) is 4.31 Å². The van der Waals surface area contributed by atoms with Crippen LogP contribution in [0.1, 0.15) is 25.3 Å². The maximum atomic E-state index is 12.2.